The number of benzene rings is 2. The zero-order valence-corrected chi connectivity index (χ0v) is 13.4. The van der Waals surface area contributed by atoms with Crippen LogP contribution in [0.2, 0.25) is 0 Å². The van der Waals surface area contributed by atoms with E-state index in [0.717, 1.165) is 16.7 Å². The van der Waals surface area contributed by atoms with E-state index in [9.17, 15) is 9.90 Å². The van der Waals surface area contributed by atoms with Gasteiger partial charge in [-0.3, -0.25) is 10.1 Å². The lowest BCUT2D eigenvalue weighted by Crippen LogP contribution is -2.60. The highest BCUT2D eigenvalue weighted by atomic mass is 16.3. The second kappa shape index (κ2) is 6.83. The van der Waals surface area contributed by atoms with Crippen molar-refractivity contribution in [3.05, 3.63) is 59.7 Å². The fourth-order valence-corrected chi connectivity index (χ4v) is 3.21. The Kier molecular flexibility index (Phi) is 4.61. The minimum absolute atomic E-state index is 0.00407. The number of nitrogens with zero attached hydrogens (tertiary/aromatic N) is 1. The number of aliphatic hydroxyl groups excluding tert-OH is 1. The average Bonchev–Trinajstić information content (AvgIpc) is 2.61. The van der Waals surface area contributed by atoms with E-state index in [1.54, 1.807) is 13.1 Å². The number of hydrogen-bond acceptors (Lipinski definition) is 4. The first-order valence-electron chi connectivity index (χ1n) is 7.87. The number of nitrogens with one attached hydrogen (secondary N) is 2. The van der Waals surface area contributed by atoms with Crippen LogP contribution in [0, 0.1) is 11.3 Å². The van der Waals surface area contributed by atoms with Gasteiger partial charge in [0, 0.05) is 24.6 Å². The summed E-state index contributed by atoms with van der Waals surface area (Å²) in [6, 6.07) is 17.2. The molecule has 1 aliphatic rings. The first-order chi connectivity index (χ1) is 11.7. The third-order valence-corrected chi connectivity index (χ3v) is 4.53. The van der Waals surface area contributed by atoms with Gasteiger partial charge in [-0.2, -0.15) is 5.26 Å². The normalized spacial score (nSPS) is 22.3. The third-order valence-electron chi connectivity index (χ3n) is 4.53. The minimum atomic E-state index is -0.272. The molecule has 1 aliphatic heterocycles. The molecule has 2 aromatic rings. The molecule has 1 amide bonds. The van der Waals surface area contributed by atoms with Gasteiger partial charge in [0.05, 0.1) is 12.7 Å². The van der Waals surface area contributed by atoms with Crippen molar-refractivity contribution in [2.24, 2.45) is 0 Å². The predicted octanol–water partition coefficient (Wildman–Crippen LogP) is 1.65. The summed E-state index contributed by atoms with van der Waals surface area (Å²) in [5.74, 6) is -0.133. The maximum atomic E-state index is 12.0. The van der Waals surface area contributed by atoms with Crippen molar-refractivity contribution in [2.75, 3.05) is 13.7 Å². The third kappa shape index (κ3) is 2.78. The summed E-state index contributed by atoms with van der Waals surface area (Å²) in [4.78, 5) is 12.0. The summed E-state index contributed by atoms with van der Waals surface area (Å²) >= 11 is 0. The topological polar surface area (TPSA) is 85.2 Å². The van der Waals surface area contributed by atoms with Crippen LogP contribution in [0.25, 0.3) is 11.1 Å². The van der Waals surface area contributed by atoms with Crippen LogP contribution in [-0.2, 0) is 0 Å². The monoisotopic (exact) mass is 321 g/mol. The highest BCUT2D eigenvalue weighted by Gasteiger charge is 2.41. The van der Waals surface area contributed by atoms with E-state index in [0.29, 0.717) is 5.56 Å². The number of carbonyl (C=O) groups excluding carboxylic acids is 1. The van der Waals surface area contributed by atoms with Crippen LogP contribution in [0.4, 0.5) is 0 Å². The van der Waals surface area contributed by atoms with Gasteiger partial charge in [-0.15, -0.1) is 0 Å². The molecule has 5 nitrogen and oxygen atoms in total. The van der Waals surface area contributed by atoms with Crippen molar-refractivity contribution >= 4 is 5.91 Å². The molecular formula is C19H19N3O2. The van der Waals surface area contributed by atoms with Gasteiger partial charge in [-0.05, 0) is 22.8 Å². The van der Waals surface area contributed by atoms with Crippen LogP contribution in [0.3, 0.4) is 0 Å². The molecule has 3 rings (SSSR count). The Morgan fingerprint density at radius 3 is 2.58 bits per heavy atom. The molecule has 5 heteroatoms. The fraction of sp³-hybridized carbons (Fsp3) is 0.263. The van der Waals surface area contributed by atoms with Crippen LogP contribution in [-0.4, -0.2) is 36.8 Å². The molecule has 122 valence electrons. The Hall–Kier alpha value is -2.68. The predicted molar refractivity (Wildman–Crippen MR) is 91.4 cm³/mol. The molecule has 0 aromatic heterocycles. The lowest BCUT2D eigenvalue weighted by Gasteiger charge is -2.42. The maximum absolute atomic E-state index is 12.0. The lowest BCUT2D eigenvalue weighted by molar-refractivity contribution is 0.0963. The maximum Gasteiger partial charge on any atom is 0.251 e. The molecule has 24 heavy (non-hydrogen) atoms. The van der Waals surface area contributed by atoms with Crippen molar-refractivity contribution in [3.8, 4) is 17.2 Å². The van der Waals surface area contributed by atoms with Gasteiger partial charge in [0.1, 0.15) is 6.04 Å². The Morgan fingerprint density at radius 1 is 1.25 bits per heavy atom. The Morgan fingerprint density at radius 2 is 1.96 bits per heavy atom. The number of carbonyl (C=O) groups is 1. The van der Waals surface area contributed by atoms with Crippen molar-refractivity contribution < 1.29 is 9.90 Å². The van der Waals surface area contributed by atoms with Crippen LogP contribution in [0.5, 0.6) is 0 Å². The summed E-state index contributed by atoms with van der Waals surface area (Å²) in [5, 5.41) is 24.2. The number of hydrogen-bond donors (Lipinski definition) is 3. The van der Waals surface area contributed by atoms with Gasteiger partial charge in [-0.1, -0.05) is 42.5 Å². The van der Waals surface area contributed by atoms with Gasteiger partial charge >= 0.3 is 0 Å². The molecular weight excluding hydrogens is 302 g/mol. The average molecular weight is 321 g/mol. The number of aliphatic hydroxyl groups is 1. The van der Waals surface area contributed by atoms with Crippen LogP contribution in [0.15, 0.2) is 48.5 Å². The van der Waals surface area contributed by atoms with Crippen molar-refractivity contribution in [1.82, 2.24) is 10.6 Å². The molecule has 1 saturated heterocycles. The Bertz CT molecular complexity index is 780. The van der Waals surface area contributed by atoms with Gasteiger partial charge in [0.2, 0.25) is 0 Å². The summed E-state index contributed by atoms with van der Waals surface area (Å²) in [6.07, 6.45) is 0. The van der Waals surface area contributed by atoms with E-state index >= 15 is 0 Å². The highest BCUT2D eigenvalue weighted by molar-refractivity contribution is 6.00. The summed E-state index contributed by atoms with van der Waals surface area (Å²) < 4.78 is 0. The molecule has 0 aliphatic carbocycles. The van der Waals surface area contributed by atoms with Crippen LogP contribution in [0.1, 0.15) is 21.8 Å². The number of amides is 1. The highest BCUT2D eigenvalue weighted by Crippen LogP contribution is 2.33. The van der Waals surface area contributed by atoms with Crippen molar-refractivity contribution in [3.63, 3.8) is 0 Å². The molecule has 3 atom stereocenters. The molecule has 0 saturated carbocycles. The molecule has 0 spiro atoms. The second-order valence-corrected chi connectivity index (χ2v) is 5.84. The first kappa shape index (κ1) is 16.2. The van der Waals surface area contributed by atoms with Crippen molar-refractivity contribution in [2.45, 2.75) is 18.0 Å². The van der Waals surface area contributed by atoms with E-state index in [1.165, 1.54) is 0 Å². The van der Waals surface area contributed by atoms with Crippen LogP contribution < -0.4 is 10.6 Å². The van der Waals surface area contributed by atoms with E-state index in [4.69, 9.17) is 5.26 Å². The van der Waals surface area contributed by atoms with E-state index < -0.39 is 0 Å². The van der Waals surface area contributed by atoms with Crippen molar-refractivity contribution in [1.29, 1.82) is 5.26 Å². The van der Waals surface area contributed by atoms with Crippen LogP contribution >= 0.6 is 0 Å². The molecule has 3 N–H and O–H groups in total. The Labute approximate surface area is 140 Å². The van der Waals surface area contributed by atoms with Gasteiger partial charge in [0.25, 0.3) is 5.91 Å². The molecule has 0 bridgehead atoms. The summed E-state index contributed by atoms with van der Waals surface area (Å²) in [6.45, 7) is 0.00407. The van der Waals surface area contributed by atoms with E-state index in [2.05, 4.69) is 16.7 Å². The fourth-order valence-electron chi connectivity index (χ4n) is 3.21. The number of rotatable bonds is 4. The van der Waals surface area contributed by atoms with E-state index in [1.807, 2.05) is 42.5 Å². The largest absolute Gasteiger partial charge is 0.395 e. The van der Waals surface area contributed by atoms with Gasteiger partial charge in [-0.25, -0.2) is 0 Å². The molecule has 0 radical (unpaired) electrons. The SMILES string of the molecule is CNC(=O)c1ccccc1-c1ccc([C@H]2[C@H](C#N)N[C@H]2CO)cc1. The smallest absolute Gasteiger partial charge is 0.251 e. The quantitative estimate of drug-likeness (QED) is 0.799. The summed E-state index contributed by atoms with van der Waals surface area (Å²) in [7, 11) is 1.61. The lowest BCUT2D eigenvalue weighted by atomic mass is 9.78. The molecule has 2 aromatic carbocycles. The first-order valence-corrected chi connectivity index (χ1v) is 7.87. The van der Waals surface area contributed by atoms with Gasteiger partial charge in [0.15, 0.2) is 0 Å². The zero-order chi connectivity index (χ0) is 17.1. The van der Waals surface area contributed by atoms with E-state index in [-0.39, 0.29) is 30.5 Å². The standard InChI is InChI=1S/C19H19N3O2/c1-21-19(24)15-5-3-2-4-14(15)12-6-8-13(9-7-12)18-16(10-20)22-17(18)11-23/h2-9,16-18,22-23H,11H2,1H3,(H,21,24)/t16-,17-,18-/m0/s1. The second-order valence-electron chi connectivity index (χ2n) is 5.84. The number of nitriles is 1. The minimum Gasteiger partial charge on any atom is -0.395 e. The summed E-state index contributed by atoms with van der Waals surface area (Å²) in [5.41, 5.74) is 3.45. The Balaban J connectivity index is 1.91. The molecule has 1 fully saturated rings. The zero-order valence-electron chi connectivity index (χ0n) is 13.4. The molecule has 0 unspecified atom stereocenters. The van der Waals surface area contributed by atoms with Gasteiger partial charge < -0.3 is 10.4 Å². The molecule has 1 heterocycles.